The molecule has 0 heterocycles. The predicted octanol–water partition coefficient (Wildman–Crippen LogP) is 3.58. The van der Waals surface area contributed by atoms with Crippen molar-refractivity contribution in [2.75, 3.05) is 32.1 Å². The van der Waals surface area contributed by atoms with E-state index in [1.54, 1.807) is 12.1 Å². The fourth-order valence-electron chi connectivity index (χ4n) is 2.62. The summed E-state index contributed by atoms with van der Waals surface area (Å²) < 4.78 is 5.23. The molecule has 0 amide bonds. The summed E-state index contributed by atoms with van der Waals surface area (Å²) in [5.74, 6) is -0.420. The molecule has 0 radical (unpaired) electrons. The van der Waals surface area contributed by atoms with Crippen molar-refractivity contribution in [3.8, 4) is 0 Å². The number of ether oxygens (including phenoxy) is 1. The molecular weight excluding hydrogens is 364 g/mol. The van der Waals surface area contributed by atoms with E-state index < -0.39 is 12.1 Å². The zero-order valence-electron chi connectivity index (χ0n) is 15.9. The first kappa shape index (κ1) is 23.0. The summed E-state index contributed by atoms with van der Waals surface area (Å²) in [5.41, 5.74) is 2.64. The minimum absolute atomic E-state index is 0. The maximum atomic E-state index is 12.1. The van der Waals surface area contributed by atoms with E-state index in [1.165, 1.54) is 5.56 Å². The van der Waals surface area contributed by atoms with Crippen LogP contribution in [0.3, 0.4) is 0 Å². The average molecular weight is 393 g/mol. The van der Waals surface area contributed by atoms with E-state index in [9.17, 15) is 9.90 Å². The first-order chi connectivity index (χ1) is 12.6. The van der Waals surface area contributed by atoms with Crippen molar-refractivity contribution in [2.45, 2.75) is 26.0 Å². The quantitative estimate of drug-likeness (QED) is 0.605. The molecule has 2 rings (SSSR count). The summed E-state index contributed by atoms with van der Waals surface area (Å²) in [6, 6.07) is 17.2. The van der Waals surface area contributed by atoms with Crippen LogP contribution in [0.2, 0.25) is 0 Å². The number of hydrogen-bond donors (Lipinski definition) is 2. The fraction of sp³-hybridized carbons (Fsp3) is 0.381. The van der Waals surface area contributed by atoms with Crippen LogP contribution in [-0.2, 0) is 11.3 Å². The Morgan fingerprint density at radius 2 is 1.81 bits per heavy atom. The minimum atomic E-state index is -0.724. The molecule has 148 valence electrons. The standard InChI is InChI=1S/C21H28N2O3.ClH/c1-3-13-22-19-11-9-18(10-12-19)21(25)26-16-20(24)15-23(2)14-17-7-5-4-6-8-17;/h4-12,20,22,24H,3,13-16H2,1-2H3;1H. The van der Waals surface area contributed by atoms with Gasteiger partial charge in [-0.1, -0.05) is 37.3 Å². The van der Waals surface area contributed by atoms with Crippen LogP contribution in [0.25, 0.3) is 0 Å². The van der Waals surface area contributed by atoms with Gasteiger partial charge < -0.3 is 15.2 Å². The SMILES string of the molecule is CCCNc1ccc(C(=O)OCC(O)CN(C)Cc2ccccc2)cc1.Cl. The normalized spacial score (nSPS) is 11.6. The number of likely N-dealkylation sites (N-methyl/N-ethyl adjacent to an activating group) is 1. The fourth-order valence-corrected chi connectivity index (χ4v) is 2.62. The number of rotatable bonds is 10. The third-order valence-corrected chi connectivity index (χ3v) is 3.92. The number of carbonyl (C=O) groups is 1. The molecule has 2 aromatic carbocycles. The van der Waals surface area contributed by atoms with Crippen LogP contribution in [-0.4, -0.2) is 48.8 Å². The number of anilines is 1. The minimum Gasteiger partial charge on any atom is -0.459 e. The number of nitrogens with zero attached hydrogens (tertiary/aromatic N) is 1. The van der Waals surface area contributed by atoms with Crippen LogP contribution in [0.1, 0.15) is 29.3 Å². The van der Waals surface area contributed by atoms with Gasteiger partial charge in [-0.15, -0.1) is 12.4 Å². The van der Waals surface area contributed by atoms with E-state index in [2.05, 4.69) is 12.2 Å². The Bertz CT molecular complexity index is 665. The van der Waals surface area contributed by atoms with E-state index >= 15 is 0 Å². The summed E-state index contributed by atoms with van der Waals surface area (Å²) >= 11 is 0. The number of nitrogens with one attached hydrogen (secondary N) is 1. The van der Waals surface area contributed by atoms with E-state index in [4.69, 9.17) is 4.74 Å². The van der Waals surface area contributed by atoms with Crippen molar-refractivity contribution in [3.63, 3.8) is 0 Å². The van der Waals surface area contributed by atoms with Gasteiger partial charge in [-0.3, -0.25) is 4.90 Å². The van der Waals surface area contributed by atoms with Gasteiger partial charge in [0.05, 0.1) is 5.56 Å². The Hall–Kier alpha value is -2.08. The van der Waals surface area contributed by atoms with Crippen LogP contribution in [0.4, 0.5) is 5.69 Å². The molecule has 5 nitrogen and oxygen atoms in total. The smallest absolute Gasteiger partial charge is 0.338 e. The molecule has 2 aromatic rings. The van der Waals surface area contributed by atoms with Crippen molar-refractivity contribution in [1.82, 2.24) is 4.90 Å². The lowest BCUT2D eigenvalue weighted by Crippen LogP contribution is -2.32. The molecule has 0 aromatic heterocycles. The van der Waals surface area contributed by atoms with Crippen molar-refractivity contribution in [1.29, 1.82) is 0 Å². The molecule has 0 bridgehead atoms. The lowest BCUT2D eigenvalue weighted by atomic mass is 10.2. The Kier molecular flexibility index (Phi) is 10.5. The zero-order valence-corrected chi connectivity index (χ0v) is 16.7. The highest BCUT2D eigenvalue weighted by Gasteiger charge is 2.13. The molecule has 0 saturated carbocycles. The molecule has 27 heavy (non-hydrogen) atoms. The topological polar surface area (TPSA) is 61.8 Å². The van der Waals surface area contributed by atoms with Gasteiger partial charge in [0.1, 0.15) is 12.7 Å². The van der Waals surface area contributed by atoms with Gasteiger partial charge >= 0.3 is 5.97 Å². The molecule has 2 N–H and O–H groups in total. The molecule has 6 heteroatoms. The second-order valence-electron chi connectivity index (χ2n) is 6.44. The molecule has 1 unspecified atom stereocenters. The number of benzene rings is 2. The number of esters is 1. The average Bonchev–Trinajstić information content (AvgIpc) is 2.65. The Balaban J connectivity index is 0.00000364. The Morgan fingerprint density at radius 3 is 2.44 bits per heavy atom. The van der Waals surface area contributed by atoms with Crippen LogP contribution in [0, 0.1) is 0 Å². The first-order valence-corrected chi connectivity index (χ1v) is 9.00. The first-order valence-electron chi connectivity index (χ1n) is 9.00. The van der Waals surface area contributed by atoms with Gasteiger partial charge in [-0.2, -0.15) is 0 Å². The molecule has 0 aliphatic rings. The second kappa shape index (κ2) is 12.3. The van der Waals surface area contributed by atoms with E-state index in [0.29, 0.717) is 12.1 Å². The van der Waals surface area contributed by atoms with Crippen LogP contribution in [0.5, 0.6) is 0 Å². The van der Waals surface area contributed by atoms with Crippen LogP contribution >= 0.6 is 12.4 Å². The monoisotopic (exact) mass is 392 g/mol. The lowest BCUT2D eigenvalue weighted by Gasteiger charge is -2.20. The van der Waals surface area contributed by atoms with Crippen molar-refractivity contribution in [3.05, 3.63) is 65.7 Å². The summed E-state index contributed by atoms with van der Waals surface area (Å²) in [6.07, 6.45) is 0.318. The highest BCUT2D eigenvalue weighted by atomic mass is 35.5. The molecule has 0 saturated heterocycles. The van der Waals surface area contributed by atoms with E-state index in [-0.39, 0.29) is 19.0 Å². The highest BCUT2D eigenvalue weighted by Crippen LogP contribution is 2.11. The summed E-state index contributed by atoms with van der Waals surface area (Å²) in [5, 5.41) is 13.4. The van der Waals surface area contributed by atoms with Crippen LogP contribution in [0.15, 0.2) is 54.6 Å². The van der Waals surface area contributed by atoms with Gasteiger partial charge in [0, 0.05) is 25.3 Å². The summed E-state index contributed by atoms with van der Waals surface area (Å²) in [4.78, 5) is 14.1. The zero-order chi connectivity index (χ0) is 18.8. The maximum Gasteiger partial charge on any atom is 0.338 e. The van der Waals surface area contributed by atoms with Crippen molar-refractivity contribution >= 4 is 24.1 Å². The van der Waals surface area contributed by atoms with Crippen molar-refractivity contribution in [2.24, 2.45) is 0 Å². The van der Waals surface area contributed by atoms with Gasteiger partial charge in [-0.25, -0.2) is 4.79 Å². The number of aliphatic hydroxyl groups excluding tert-OH is 1. The Labute approximate surface area is 167 Å². The maximum absolute atomic E-state index is 12.1. The molecular formula is C21H29ClN2O3. The molecule has 0 aliphatic carbocycles. The highest BCUT2D eigenvalue weighted by molar-refractivity contribution is 5.89. The Morgan fingerprint density at radius 1 is 1.15 bits per heavy atom. The largest absolute Gasteiger partial charge is 0.459 e. The van der Waals surface area contributed by atoms with Gasteiger partial charge in [0.15, 0.2) is 0 Å². The third-order valence-electron chi connectivity index (χ3n) is 3.92. The predicted molar refractivity (Wildman–Crippen MR) is 112 cm³/mol. The van der Waals surface area contributed by atoms with E-state index in [1.807, 2.05) is 54.4 Å². The number of hydrogen-bond acceptors (Lipinski definition) is 5. The molecule has 0 aliphatic heterocycles. The third kappa shape index (κ3) is 8.43. The number of carbonyl (C=O) groups excluding carboxylic acids is 1. The van der Waals surface area contributed by atoms with Crippen LogP contribution < -0.4 is 5.32 Å². The lowest BCUT2D eigenvalue weighted by molar-refractivity contribution is 0.0174. The molecule has 0 fully saturated rings. The van der Waals surface area contributed by atoms with Gasteiger partial charge in [0.2, 0.25) is 0 Å². The number of aliphatic hydroxyl groups is 1. The number of halogens is 1. The molecule has 1 atom stereocenters. The molecule has 0 spiro atoms. The van der Waals surface area contributed by atoms with Gasteiger partial charge in [-0.05, 0) is 43.3 Å². The summed E-state index contributed by atoms with van der Waals surface area (Å²) in [6.45, 7) is 4.14. The summed E-state index contributed by atoms with van der Waals surface area (Å²) in [7, 11) is 1.93. The van der Waals surface area contributed by atoms with Crippen molar-refractivity contribution < 1.29 is 14.6 Å². The van der Waals surface area contributed by atoms with Gasteiger partial charge in [0.25, 0.3) is 0 Å². The second-order valence-corrected chi connectivity index (χ2v) is 6.44. The van der Waals surface area contributed by atoms with E-state index in [0.717, 1.165) is 25.2 Å².